The van der Waals surface area contributed by atoms with Crippen LogP contribution in [0.5, 0.6) is 0 Å². The van der Waals surface area contributed by atoms with Gasteiger partial charge in [-0.1, -0.05) is 35.0 Å². The molecule has 0 heterocycles. The normalized spacial score (nSPS) is 17.1. The molecule has 3 heteroatoms. The zero-order valence-electron chi connectivity index (χ0n) is 11.3. The van der Waals surface area contributed by atoms with Crippen LogP contribution in [0.15, 0.2) is 28.7 Å². The van der Waals surface area contributed by atoms with E-state index in [-0.39, 0.29) is 0 Å². The lowest BCUT2D eigenvalue weighted by molar-refractivity contribution is 0.261. The van der Waals surface area contributed by atoms with Gasteiger partial charge in [0.25, 0.3) is 0 Å². The average molecular weight is 311 g/mol. The summed E-state index contributed by atoms with van der Waals surface area (Å²) in [5, 5.41) is 3.43. The number of rotatable bonds is 7. The zero-order chi connectivity index (χ0) is 13.0. The van der Waals surface area contributed by atoms with Crippen molar-refractivity contribution in [2.45, 2.75) is 38.3 Å². The summed E-state index contributed by atoms with van der Waals surface area (Å²) in [7, 11) is 2.06. The maximum absolute atomic E-state index is 3.49. The molecule has 1 saturated carbocycles. The van der Waals surface area contributed by atoms with Crippen LogP contribution in [0.2, 0.25) is 0 Å². The molecule has 2 rings (SSSR count). The standard InChI is InChI=1S/C15H23BrN2/c1-3-18(14-8-9-14)11-10-15(17-2)12-4-6-13(16)7-5-12/h4-7,14-15,17H,3,8-11H2,1-2H3. The van der Waals surface area contributed by atoms with E-state index in [4.69, 9.17) is 0 Å². The fourth-order valence-electron chi connectivity index (χ4n) is 2.51. The fraction of sp³-hybridized carbons (Fsp3) is 0.600. The molecule has 1 fully saturated rings. The van der Waals surface area contributed by atoms with Crippen molar-refractivity contribution in [1.29, 1.82) is 0 Å². The van der Waals surface area contributed by atoms with E-state index in [1.54, 1.807) is 0 Å². The summed E-state index contributed by atoms with van der Waals surface area (Å²) < 4.78 is 1.15. The molecule has 0 saturated heterocycles. The first-order valence-electron chi connectivity index (χ1n) is 6.91. The Morgan fingerprint density at radius 1 is 1.33 bits per heavy atom. The van der Waals surface area contributed by atoms with E-state index in [1.807, 2.05) is 0 Å². The second kappa shape index (κ2) is 6.69. The number of hydrogen-bond acceptors (Lipinski definition) is 2. The van der Waals surface area contributed by atoms with Gasteiger partial charge in [-0.3, -0.25) is 0 Å². The summed E-state index contributed by atoms with van der Waals surface area (Å²) in [6.45, 7) is 4.65. The molecule has 18 heavy (non-hydrogen) atoms. The van der Waals surface area contributed by atoms with E-state index in [9.17, 15) is 0 Å². The van der Waals surface area contributed by atoms with Crippen LogP contribution in [0, 0.1) is 0 Å². The van der Waals surface area contributed by atoms with Crippen molar-refractivity contribution in [1.82, 2.24) is 10.2 Å². The highest BCUT2D eigenvalue weighted by Crippen LogP contribution is 2.28. The summed E-state index contributed by atoms with van der Waals surface area (Å²) in [6, 6.07) is 10.00. The minimum Gasteiger partial charge on any atom is -0.313 e. The first-order valence-corrected chi connectivity index (χ1v) is 7.70. The topological polar surface area (TPSA) is 15.3 Å². The van der Waals surface area contributed by atoms with Gasteiger partial charge in [0, 0.05) is 23.1 Å². The van der Waals surface area contributed by atoms with E-state index < -0.39 is 0 Å². The Morgan fingerprint density at radius 3 is 2.50 bits per heavy atom. The quantitative estimate of drug-likeness (QED) is 0.828. The zero-order valence-corrected chi connectivity index (χ0v) is 12.9. The van der Waals surface area contributed by atoms with Crippen LogP contribution in [0.3, 0.4) is 0 Å². The third kappa shape index (κ3) is 3.81. The number of halogens is 1. The van der Waals surface area contributed by atoms with Gasteiger partial charge in [0.1, 0.15) is 0 Å². The molecule has 2 nitrogen and oxygen atoms in total. The predicted octanol–water partition coefficient (Wildman–Crippen LogP) is 3.58. The van der Waals surface area contributed by atoms with Gasteiger partial charge in [0.05, 0.1) is 0 Å². The Morgan fingerprint density at radius 2 is 2.00 bits per heavy atom. The van der Waals surface area contributed by atoms with Crippen LogP contribution >= 0.6 is 15.9 Å². The Hall–Kier alpha value is -0.380. The monoisotopic (exact) mass is 310 g/mol. The van der Waals surface area contributed by atoms with Crippen molar-refractivity contribution in [3.63, 3.8) is 0 Å². The third-order valence-corrected chi connectivity index (χ3v) is 4.32. The van der Waals surface area contributed by atoms with E-state index in [0.717, 1.165) is 10.5 Å². The highest BCUT2D eigenvalue weighted by molar-refractivity contribution is 9.10. The second-order valence-corrected chi connectivity index (χ2v) is 5.96. The molecule has 1 aromatic rings. The first kappa shape index (κ1) is 14.0. The highest BCUT2D eigenvalue weighted by Gasteiger charge is 2.27. The van der Waals surface area contributed by atoms with Gasteiger partial charge in [-0.15, -0.1) is 0 Å². The summed E-state index contributed by atoms with van der Waals surface area (Å²) in [5.74, 6) is 0. The van der Waals surface area contributed by atoms with Gasteiger partial charge in [-0.2, -0.15) is 0 Å². The maximum Gasteiger partial charge on any atom is 0.0329 e. The molecular formula is C15H23BrN2. The summed E-state index contributed by atoms with van der Waals surface area (Å²) in [5.41, 5.74) is 1.38. The molecule has 1 aromatic carbocycles. The number of hydrogen-bond donors (Lipinski definition) is 1. The lowest BCUT2D eigenvalue weighted by Crippen LogP contribution is -2.30. The Kier molecular flexibility index (Phi) is 5.22. The summed E-state index contributed by atoms with van der Waals surface area (Å²) in [4.78, 5) is 2.61. The largest absolute Gasteiger partial charge is 0.313 e. The molecule has 0 aliphatic heterocycles. The number of benzene rings is 1. The van der Waals surface area contributed by atoms with Crippen LogP contribution in [0.1, 0.15) is 37.8 Å². The molecule has 0 bridgehead atoms. The van der Waals surface area contributed by atoms with Gasteiger partial charge in [-0.05, 0) is 50.6 Å². The van der Waals surface area contributed by atoms with Gasteiger partial charge < -0.3 is 10.2 Å². The van der Waals surface area contributed by atoms with Crippen LogP contribution in [-0.2, 0) is 0 Å². The van der Waals surface area contributed by atoms with Gasteiger partial charge in [0.2, 0.25) is 0 Å². The fourth-order valence-corrected chi connectivity index (χ4v) is 2.77. The SMILES string of the molecule is CCN(CCC(NC)c1ccc(Br)cc1)C1CC1. The van der Waals surface area contributed by atoms with Crippen molar-refractivity contribution in [2.24, 2.45) is 0 Å². The van der Waals surface area contributed by atoms with Crippen LogP contribution in [0.25, 0.3) is 0 Å². The lowest BCUT2D eigenvalue weighted by atomic mass is 10.0. The molecule has 1 atom stereocenters. The molecule has 1 aliphatic rings. The first-order chi connectivity index (χ1) is 8.74. The minimum absolute atomic E-state index is 0.464. The molecule has 0 amide bonds. The Bertz CT molecular complexity index is 359. The second-order valence-electron chi connectivity index (χ2n) is 5.04. The average Bonchev–Trinajstić information content (AvgIpc) is 3.21. The van der Waals surface area contributed by atoms with Crippen molar-refractivity contribution >= 4 is 15.9 Å². The van der Waals surface area contributed by atoms with E-state index in [1.165, 1.54) is 37.9 Å². The van der Waals surface area contributed by atoms with Crippen molar-refractivity contribution < 1.29 is 0 Å². The Labute approximate surface area is 119 Å². The van der Waals surface area contributed by atoms with Crippen molar-refractivity contribution in [2.75, 3.05) is 20.1 Å². The molecule has 1 unspecified atom stereocenters. The van der Waals surface area contributed by atoms with Crippen LogP contribution in [-0.4, -0.2) is 31.1 Å². The third-order valence-electron chi connectivity index (χ3n) is 3.80. The van der Waals surface area contributed by atoms with Crippen LogP contribution in [0.4, 0.5) is 0 Å². The molecule has 0 radical (unpaired) electrons. The van der Waals surface area contributed by atoms with E-state index >= 15 is 0 Å². The molecular weight excluding hydrogens is 288 g/mol. The molecule has 0 aromatic heterocycles. The Balaban J connectivity index is 1.90. The maximum atomic E-state index is 3.49. The highest BCUT2D eigenvalue weighted by atomic mass is 79.9. The van der Waals surface area contributed by atoms with Gasteiger partial charge in [-0.25, -0.2) is 0 Å². The molecule has 100 valence electrons. The molecule has 1 aliphatic carbocycles. The van der Waals surface area contributed by atoms with Crippen molar-refractivity contribution in [3.05, 3.63) is 34.3 Å². The van der Waals surface area contributed by atoms with E-state index in [2.05, 4.69) is 64.4 Å². The van der Waals surface area contributed by atoms with Crippen molar-refractivity contribution in [3.8, 4) is 0 Å². The summed E-state index contributed by atoms with van der Waals surface area (Å²) in [6.07, 6.45) is 3.98. The van der Waals surface area contributed by atoms with E-state index in [0.29, 0.717) is 6.04 Å². The number of nitrogens with one attached hydrogen (secondary N) is 1. The predicted molar refractivity (Wildman–Crippen MR) is 80.8 cm³/mol. The van der Waals surface area contributed by atoms with Gasteiger partial charge in [0.15, 0.2) is 0 Å². The minimum atomic E-state index is 0.464. The van der Waals surface area contributed by atoms with Crippen LogP contribution < -0.4 is 5.32 Å². The smallest absolute Gasteiger partial charge is 0.0329 e. The van der Waals surface area contributed by atoms with Gasteiger partial charge >= 0.3 is 0 Å². The lowest BCUT2D eigenvalue weighted by Gasteiger charge is -2.24. The summed E-state index contributed by atoms with van der Waals surface area (Å²) >= 11 is 3.49. The molecule has 1 N–H and O–H groups in total. The molecule has 0 spiro atoms. The number of nitrogens with zero attached hydrogens (tertiary/aromatic N) is 1.